The molecule has 1 aromatic carbocycles. The summed E-state index contributed by atoms with van der Waals surface area (Å²) < 4.78 is 17.5. The summed E-state index contributed by atoms with van der Waals surface area (Å²) in [5.74, 6) is 1.17. The van der Waals surface area contributed by atoms with Gasteiger partial charge in [0.1, 0.15) is 17.6 Å². The highest BCUT2D eigenvalue weighted by Gasteiger charge is 2.35. The first-order chi connectivity index (χ1) is 18.3. The molecule has 2 rings (SSSR count). The van der Waals surface area contributed by atoms with Crippen LogP contribution in [0.15, 0.2) is 0 Å². The highest BCUT2D eigenvalue weighted by Crippen LogP contribution is 2.44. The van der Waals surface area contributed by atoms with E-state index in [9.17, 15) is 9.59 Å². The van der Waals surface area contributed by atoms with Crippen molar-refractivity contribution in [2.24, 2.45) is 5.92 Å². The number of rotatable bonds is 19. The van der Waals surface area contributed by atoms with Crippen molar-refractivity contribution in [2.75, 3.05) is 6.61 Å². The monoisotopic (exact) mass is 530 g/mol. The molecule has 0 radical (unpaired) electrons. The predicted octanol–water partition coefficient (Wildman–Crippen LogP) is 8.89. The molecule has 2 atom stereocenters. The van der Waals surface area contributed by atoms with Gasteiger partial charge in [0, 0.05) is 31.7 Å². The lowest BCUT2D eigenvalue weighted by Crippen LogP contribution is -2.30. The Hall–Kier alpha value is -2.04. The fraction of sp³-hybridized carbons (Fsp3) is 0.758. The quantitative estimate of drug-likeness (QED) is 0.101. The topological polar surface area (TPSA) is 61.8 Å². The molecule has 1 heterocycles. The molecule has 216 valence electrons. The highest BCUT2D eigenvalue weighted by molar-refractivity contribution is 5.72. The van der Waals surface area contributed by atoms with Crippen molar-refractivity contribution >= 4 is 11.9 Å². The minimum atomic E-state index is -0.309. The normalized spacial score (nSPS) is 15.2. The smallest absolute Gasteiger partial charge is 0.308 e. The molecule has 0 fully saturated rings. The number of hydrogen-bond donors (Lipinski definition) is 0. The number of fused-ring (bicyclic) bond motifs is 1. The Morgan fingerprint density at radius 2 is 1.29 bits per heavy atom. The van der Waals surface area contributed by atoms with E-state index in [1.54, 1.807) is 0 Å². The predicted molar refractivity (Wildman–Crippen MR) is 155 cm³/mol. The van der Waals surface area contributed by atoms with Crippen molar-refractivity contribution in [3.8, 4) is 11.5 Å². The Labute approximate surface area is 232 Å². The summed E-state index contributed by atoms with van der Waals surface area (Å²) in [5, 5.41) is 0. The molecular formula is C33H54O5. The first kappa shape index (κ1) is 32.2. The van der Waals surface area contributed by atoms with E-state index >= 15 is 0 Å². The summed E-state index contributed by atoms with van der Waals surface area (Å²) in [4.78, 5) is 23.2. The first-order valence-corrected chi connectivity index (χ1v) is 15.4. The Morgan fingerprint density at radius 1 is 0.763 bits per heavy atom. The molecule has 5 nitrogen and oxygen atoms in total. The van der Waals surface area contributed by atoms with Crippen LogP contribution in [0, 0.1) is 26.7 Å². The van der Waals surface area contributed by atoms with Crippen LogP contribution in [-0.2, 0) is 20.7 Å². The largest absolute Gasteiger partial charge is 0.489 e. The van der Waals surface area contributed by atoms with Crippen molar-refractivity contribution in [3.63, 3.8) is 0 Å². The third-order valence-corrected chi connectivity index (χ3v) is 8.19. The molecular weight excluding hydrogens is 476 g/mol. The number of carbonyl (C=O) groups is 2. The van der Waals surface area contributed by atoms with Gasteiger partial charge in [0.2, 0.25) is 0 Å². The standard InChI is InChI=1S/C33H54O5/c1-7-8-9-10-11-12-13-14-15-16-17-18-19-20-21-29(23-36-27(5)34)31-22-30-26(4)32(37-28(6)35)24(2)25(3)33(30)38-31/h29,31H,7-23H2,1-6H3. The number of carbonyl (C=O) groups excluding carboxylic acids is 2. The summed E-state index contributed by atoms with van der Waals surface area (Å²) in [6, 6.07) is 0. The van der Waals surface area contributed by atoms with Crippen molar-refractivity contribution in [2.45, 2.75) is 150 Å². The Balaban J connectivity index is 1.77. The zero-order chi connectivity index (χ0) is 27.9. The number of unbranched alkanes of at least 4 members (excludes halogenated alkanes) is 13. The van der Waals surface area contributed by atoms with Crippen molar-refractivity contribution in [1.29, 1.82) is 0 Å². The van der Waals surface area contributed by atoms with E-state index in [1.165, 1.54) is 97.3 Å². The van der Waals surface area contributed by atoms with Gasteiger partial charge in [-0.1, -0.05) is 96.8 Å². The van der Waals surface area contributed by atoms with Crippen molar-refractivity contribution in [1.82, 2.24) is 0 Å². The Bertz CT molecular complexity index is 875. The van der Waals surface area contributed by atoms with Gasteiger partial charge >= 0.3 is 11.9 Å². The number of benzene rings is 1. The van der Waals surface area contributed by atoms with Gasteiger partial charge in [-0.3, -0.25) is 9.59 Å². The molecule has 0 amide bonds. The van der Waals surface area contributed by atoms with E-state index in [0.717, 1.165) is 47.3 Å². The van der Waals surface area contributed by atoms with Crippen LogP contribution in [0.3, 0.4) is 0 Å². The van der Waals surface area contributed by atoms with Crippen LogP contribution in [0.4, 0.5) is 0 Å². The lowest BCUT2D eigenvalue weighted by Gasteiger charge is -2.23. The van der Waals surface area contributed by atoms with Crippen molar-refractivity contribution < 1.29 is 23.8 Å². The Kier molecular flexibility index (Phi) is 14.8. The molecule has 0 saturated heterocycles. The van der Waals surface area contributed by atoms with Crippen LogP contribution in [0.1, 0.15) is 139 Å². The van der Waals surface area contributed by atoms with E-state index in [4.69, 9.17) is 14.2 Å². The SMILES string of the molecule is CCCCCCCCCCCCCCCCC(COC(C)=O)C1Cc2c(C)c(OC(C)=O)c(C)c(C)c2O1. The molecule has 5 heteroatoms. The van der Waals surface area contributed by atoms with Crippen LogP contribution in [-0.4, -0.2) is 24.6 Å². The number of ether oxygens (including phenoxy) is 3. The molecule has 1 aliphatic heterocycles. The van der Waals surface area contributed by atoms with Gasteiger partial charge in [-0.05, 0) is 43.9 Å². The summed E-state index contributed by atoms with van der Waals surface area (Å²) in [7, 11) is 0. The zero-order valence-electron chi connectivity index (χ0n) is 25.2. The van der Waals surface area contributed by atoms with Crippen LogP contribution < -0.4 is 9.47 Å². The molecule has 0 spiro atoms. The molecule has 2 unspecified atom stereocenters. The molecule has 0 N–H and O–H groups in total. The third-order valence-electron chi connectivity index (χ3n) is 8.19. The highest BCUT2D eigenvalue weighted by atomic mass is 16.5. The van der Waals surface area contributed by atoms with Crippen LogP contribution >= 0.6 is 0 Å². The van der Waals surface area contributed by atoms with E-state index in [1.807, 2.05) is 20.8 Å². The zero-order valence-corrected chi connectivity index (χ0v) is 25.2. The minimum absolute atomic E-state index is 0.0318. The van der Waals surface area contributed by atoms with Gasteiger partial charge in [-0.25, -0.2) is 0 Å². The van der Waals surface area contributed by atoms with Crippen molar-refractivity contribution in [3.05, 3.63) is 22.3 Å². The second-order valence-corrected chi connectivity index (χ2v) is 11.4. The summed E-state index contributed by atoms with van der Waals surface area (Å²) in [5.41, 5.74) is 4.05. The Morgan fingerprint density at radius 3 is 1.79 bits per heavy atom. The van der Waals surface area contributed by atoms with E-state index in [-0.39, 0.29) is 24.0 Å². The second kappa shape index (κ2) is 17.5. The van der Waals surface area contributed by atoms with Gasteiger partial charge in [0.15, 0.2) is 0 Å². The van der Waals surface area contributed by atoms with Crippen LogP contribution in [0.25, 0.3) is 0 Å². The summed E-state index contributed by atoms with van der Waals surface area (Å²) >= 11 is 0. The molecule has 0 saturated carbocycles. The van der Waals surface area contributed by atoms with Crippen LogP contribution in [0.2, 0.25) is 0 Å². The average Bonchev–Trinajstić information content (AvgIpc) is 3.32. The minimum Gasteiger partial charge on any atom is -0.489 e. The lowest BCUT2D eigenvalue weighted by atomic mass is 9.90. The third kappa shape index (κ3) is 10.6. The van der Waals surface area contributed by atoms with Crippen LogP contribution in [0.5, 0.6) is 11.5 Å². The fourth-order valence-electron chi connectivity index (χ4n) is 5.72. The maximum atomic E-state index is 11.7. The van der Waals surface area contributed by atoms with Gasteiger partial charge in [-0.15, -0.1) is 0 Å². The molecule has 0 aromatic heterocycles. The number of hydrogen-bond acceptors (Lipinski definition) is 5. The molecule has 0 aliphatic carbocycles. The maximum Gasteiger partial charge on any atom is 0.308 e. The fourth-order valence-corrected chi connectivity index (χ4v) is 5.72. The molecule has 1 aliphatic rings. The van der Waals surface area contributed by atoms with E-state index in [0.29, 0.717) is 12.4 Å². The van der Waals surface area contributed by atoms with Gasteiger partial charge in [0.05, 0.1) is 6.61 Å². The van der Waals surface area contributed by atoms with Gasteiger partial charge in [0.25, 0.3) is 0 Å². The lowest BCUT2D eigenvalue weighted by molar-refractivity contribution is -0.143. The molecule has 1 aromatic rings. The summed E-state index contributed by atoms with van der Waals surface area (Å²) in [6.07, 6.45) is 20.5. The second-order valence-electron chi connectivity index (χ2n) is 11.4. The van der Waals surface area contributed by atoms with E-state index < -0.39 is 0 Å². The first-order valence-electron chi connectivity index (χ1n) is 15.4. The average molecular weight is 531 g/mol. The van der Waals surface area contributed by atoms with Gasteiger partial charge < -0.3 is 14.2 Å². The molecule has 38 heavy (non-hydrogen) atoms. The van der Waals surface area contributed by atoms with Gasteiger partial charge in [-0.2, -0.15) is 0 Å². The molecule has 0 bridgehead atoms. The number of esters is 2. The summed E-state index contributed by atoms with van der Waals surface area (Å²) in [6.45, 7) is 11.6. The maximum absolute atomic E-state index is 11.7. The van der Waals surface area contributed by atoms with E-state index in [2.05, 4.69) is 6.92 Å².